The normalized spacial score (nSPS) is 23.2. The summed E-state index contributed by atoms with van der Waals surface area (Å²) in [6.45, 7) is 2.97. The largest absolute Gasteiger partial charge is 0.351 e. The van der Waals surface area contributed by atoms with E-state index < -0.39 is 0 Å². The lowest BCUT2D eigenvalue weighted by Crippen LogP contribution is -2.41. The second-order valence-electron chi connectivity index (χ2n) is 6.63. The summed E-state index contributed by atoms with van der Waals surface area (Å²) in [6, 6.07) is 19.2. The SMILES string of the molecule is O=C(NC1CCN(Cc2ccccc2)C1)C1Cc2ccccc2S1. The molecule has 0 bridgehead atoms. The third-order valence-corrected chi connectivity index (χ3v) is 6.12. The fourth-order valence-corrected chi connectivity index (χ4v) is 4.76. The topological polar surface area (TPSA) is 32.3 Å². The minimum Gasteiger partial charge on any atom is -0.351 e. The number of hydrogen-bond donors (Lipinski definition) is 1. The van der Waals surface area contributed by atoms with E-state index in [0.29, 0.717) is 0 Å². The van der Waals surface area contributed by atoms with Gasteiger partial charge in [-0.15, -0.1) is 11.8 Å². The van der Waals surface area contributed by atoms with Crippen LogP contribution in [0.4, 0.5) is 0 Å². The highest BCUT2D eigenvalue weighted by Gasteiger charge is 2.31. The van der Waals surface area contributed by atoms with E-state index in [9.17, 15) is 4.79 Å². The third kappa shape index (κ3) is 3.50. The van der Waals surface area contributed by atoms with Crippen molar-refractivity contribution in [3.05, 3.63) is 65.7 Å². The van der Waals surface area contributed by atoms with Gasteiger partial charge in [0.15, 0.2) is 0 Å². The number of carbonyl (C=O) groups is 1. The highest BCUT2D eigenvalue weighted by molar-refractivity contribution is 8.01. The predicted octanol–water partition coefficient (Wildman–Crippen LogP) is 3.09. The van der Waals surface area contributed by atoms with Gasteiger partial charge in [-0.25, -0.2) is 0 Å². The van der Waals surface area contributed by atoms with Crippen molar-refractivity contribution in [1.82, 2.24) is 10.2 Å². The van der Waals surface area contributed by atoms with E-state index in [2.05, 4.69) is 52.7 Å². The molecule has 4 heteroatoms. The van der Waals surface area contributed by atoms with Crippen LogP contribution < -0.4 is 5.32 Å². The van der Waals surface area contributed by atoms with Crippen LogP contribution in [0.3, 0.4) is 0 Å². The molecule has 4 rings (SSSR count). The fraction of sp³-hybridized carbons (Fsp3) is 0.350. The summed E-state index contributed by atoms with van der Waals surface area (Å²) < 4.78 is 0. The van der Waals surface area contributed by atoms with Crippen LogP contribution in [0.1, 0.15) is 17.5 Å². The molecule has 1 fully saturated rings. The molecule has 2 unspecified atom stereocenters. The Morgan fingerprint density at radius 3 is 2.75 bits per heavy atom. The standard InChI is InChI=1S/C20H22N2OS/c23-20(19-12-16-8-4-5-9-18(16)24-19)21-17-10-11-22(14-17)13-15-6-2-1-3-7-15/h1-9,17,19H,10-14H2,(H,21,23). The van der Waals surface area contributed by atoms with Gasteiger partial charge in [-0.3, -0.25) is 9.69 Å². The van der Waals surface area contributed by atoms with Crippen LogP contribution in [0, 0.1) is 0 Å². The first-order valence-corrected chi connectivity index (χ1v) is 9.47. The molecule has 3 nitrogen and oxygen atoms in total. The van der Waals surface area contributed by atoms with Gasteiger partial charge in [0.2, 0.25) is 5.91 Å². The molecule has 2 aromatic carbocycles. The summed E-state index contributed by atoms with van der Waals surface area (Å²) in [5.41, 5.74) is 2.64. The molecule has 2 heterocycles. The Labute approximate surface area is 147 Å². The molecule has 0 aliphatic carbocycles. The molecule has 2 aliphatic rings. The number of thioether (sulfide) groups is 1. The number of fused-ring (bicyclic) bond motifs is 1. The molecule has 1 amide bonds. The van der Waals surface area contributed by atoms with E-state index in [0.717, 1.165) is 32.5 Å². The molecular formula is C20H22N2OS. The van der Waals surface area contributed by atoms with Crippen LogP contribution in [0.5, 0.6) is 0 Å². The molecule has 1 saturated heterocycles. The van der Waals surface area contributed by atoms with Gasteiger partial charge >= 0.3 is 0 Å². The lowest BCUT2D eigenvalue weighted by atomic mass is 10.1. The minimum atomic E-state index is 0.0329. The quantitative estimate of drug-likeness (QED) is 0.930. The molecule has 0 radical (unpaired) electrons. The van der Waals surface area contributed by atoms with E-state index in [-0.39, 0.29) is 17.2 Å². The maximum Gasteiger partial charge on any atom is 0.234 e. The molecule has 24 heavy (non-hydrogen) atoms. The first-order valence-electron chi connectivity index (χ1n) is 8.59. The van der Waals surface area contributed by atoms with E-state index in [1.807, 2.05) is 12.1 Å². The summed E-state index contributed by atoms with van der Waals surface area (Å²) in [7, 11) is 0. The Morgan fingerprint density at radius 2 is 1.92 bits per heavy atom. The zero-order valence-electron chi connectivity index (χ0n) is 13.7. The van der Waals surface area contributed by atoms with Gasteiger partial charge in [-0.05, 0) is 30.0 Å². The Bertz CT molecular complexity index is 694. The monoisotopic (exact) mass is 338 g/mol. The molecule has 0 saturated carbocycles. The van der Waals surface area contributed by atoms with Gasteiger partial charge in [0.1, 0.15) is 0 Å². The molecule has 124 valence electrons. The van der Waals surface area contributed by atoms with E-state index in [1.165, 1.54) is 16.0 Å². The highest BCUT2D eigenvalue weighted by atomic mass is 32.2. The summed E-state index contributed by atoms with van der Waals surface area (Å²) in [5, 5.41) is 3.30. The molecule has 2 aromatic rings. The zero-order chi connectivity index (χ0) is 16.4. The van der Waals surface area contributed by atoms with Gasteiger partial charge in [0.05, 0.1) is 5.25 Å². The third-order valence-electron chi connectivity index (χ3n) is 4.81. The average Bonchev–Trinajstić information content (AvgIpc) is 3.22. The van der Waals surface area contributed by atoms with Crippen LogP contribution in [0.15, 0.2) is 59.5 Å². The number of nitrogens with one attached hydrogen (secondary N) is 1. The van der Waals surface area contributed by atoms with Crippen molar-refractivity contribution in [2.45, 2.75) is 35.6 Å². The summed E-state index contributed by atoms with van der Waals surface area (Å²) in [4.78, 5) is 16.3. The van der Waals surface area contributed by atoms with E-state index in [4.69, 9.17) is 0 Å². The first kappa shape index (κ1) is 15.7. The van der Waals surface area contributed by atoms with Crippen LogP contribution in [0.25, 0.3) is 0 Å². The molecule has 0 aromatic heterocycles. The second kappa shape index (κ2) is 6.99. The van der Waals surface area contributed by atoms with Crippen molar-refractivity contribution in [1.29, 1.82) is 0 Å². The van der Waals surface area contributed by atoms with Gasteiger partial charge in [0, 0.05) is 30.6 Å². The van der Waals surface area contributed by atoms with E-state index in [1.54, 1.807) is 11.8 Å². The fourth-order valence-electron chi connectivity index (χ4n) is 3.56. The number of carbonyl (C=O) groups excluding carboxylic acids is 1. The molecule has 1 N–H and O–H groups in total. The van der Waals surface area contributed by atoms with Crippen molar-refractivity contribution in [2.75, 3.05) is 13.1 Å². The smallest absolute Gasteiger partial charge is 0.234 e. The molecule has 2 aliphatic heterocycles. The number of amides is 1. The number of rotatable bonds is 4. The maximum atomic E-state index is 12.6. The Hall–Kier alpha value is -1.78. The van der Waals surface area contributed by atoms with Crippen LogP contribution >= 0.6 is 11.8 Å². The Balaban J connectivity index is 1.29. The van der Waals surface area contributed by atoms with Crippen molar-refractivity contribution in [3.8, 4) is 0 Å². The van der Waals surface area contributed by atoms with Crippen LogP contribution in [-0.2, 0) is 17.8 Å². The maximum absolute atomic E-state index is 12.6. The molecule has 0 spiro atoms. The number of hydrogen-bond acceptors (Lipinski definition) is 3. The van der Waals surface area contributed by atoms with Gasteiger partial charge in [-0.1, -0.05) is 48.5 Å². The number of benzene rings is 2. The summed E-state index contributed by atoms with van der Waals surface area (Å²) >= 11 is 1.71. The van der Waals surface area contributed by atoms with E-state index >= 15 is 0 Å². The van der Waals surface area contributed by atoms with Gasteiger partial charge in [-0.2, -0.15) is 0 Å². The van der Waals surface area contributed by atoms with Crippen molar-refractivity contribution >= 4 is 17.7 Å². The van der Waals surface area contributed by atoms with Crippen molar-refractivity contribution in [2.24, 2.45) is 0 Å². The zero-order valence-corrected chi connectivity index (χ0v) is 14.5. The average molecular weight is 338 g/mol. The van der Waals surface area contributed by atoms with Crippen molar-refractivity contribution in [3.63, 3.8) is 0 Å². The lowest BCUT2D eigenvalue weighted by molar-refractivity contribution is -0.121. The number of likely N-dealkylation sites (tertiary alicyclic amines) is 1. The lowest BCUT2D eigenvalue weighted by Gasteiger charge is -2.18. The first-order chi connectivity index (χ1) is 11.8. The second-order valence-corrected chi connectivity index (χ2v) is 7.88. The van der Waals surface area contributed by atoms with Crippen LogP contribution in [-0.4, -0.2) is 35.2 Å². The predicted molar refractivity (Wildman–Crippen MR) is 98.1 cm³/mol. The van der Waals surface area contributed by atoms with Crippen molar-refractivity contribution < 1.29 is 4.79 Å². The summed E-state index contributed by atoms with van der Waals surface area (Å²) in [5.74, 6) is 0.197. The number of nitrogens with zero attached hydrogens (tertiary/aromatic N) is 1. The Kier molecular flexibility index (Phi) is 4.58. The summed E-state index contributed by atoms with van der Waals surface area (Å²) in [6.07, 6.45) is 1.90. The molecular weight excluding hydrogens is 316 g/mol. The Morgan fingerprint density at radius 1 is 1.12 bits per heavy atom. The molecule has 2 atom stereocenters. The van der Waals surface area contributed by atoms with Gasteiger partial charge < -0.3 is 5.32 Å². The minimum absolute atomic E-state index is 0.0329. The highest BCUT2D eigenvalue weighted by Crippen LogP contribution is 2.36. The van der Waals surface area contributed by atoms with Gasteiger partial charge in [0.25, 0.3) is 0 Å². The van der Waals surface area contributed by atoms with Crippen LogP contribution in [0.2, 0.25) is 0 Å².